The predicted octanol–water partition coefficient (Wildman–Crippen LogP) is 6.00. The van der Waals surface area contributed by atoms with Crippen molar-refractivity contribution in [1.82, 2.24) is 10.3 Å². The van der Waals surface area contributed by atoms with Crippen LogP contribution in [-0.2, 0) is 22.1 Å². The Hall–Kier alpha value is -3.34. The van der Waals surface area contributed by atoms with Crippen molar-refractivity contribution in [2.75, 3.05) is 31.3 Å². The maximum atomic E-state index is 14.4. The normalized spacial score (nSPS) is 27.2. The highest BCUT2D eigenvalue weighted by Gasteiger charge is 2.56. The van der Waals surface area contributed by atoms with Crippen LogP contribution in [0.3, 0.4) is 0 Å². The summed E-state index contributed by atoms with van der Waals surface area (Å²) in [5.41, 5.74) is -2.09. The molecule has 0 spiro atoms. The Morgan fingerprint density at radius 2 is 1.98 bits per heavy atom. The topological polar surface area (TPSA) is 101 Å². The van der Waals surface area contributed by atoms with Crippen LogP contribution in [-0.4, -0.2) is 53.9 Å². The molecule has 2 aromatic rings. The monoisotopic (exact) mass is 601 g/mol. The van der Waals surface area contributed by atoms with Gasteiger partial charge in [0.2, 0.25) is 0 Å². The van der Waals surface area contributed by atoms with Gasteiger partial charge in [-0.1, -0.05) is 6.92 Å². The van der Waals surface area contributed by atoms with Gasteiger partial charge in [0.15, 0.2) is 0 Å². The van der Waals surface area contributed by atoms with E-state index in [2.05, 4.69) is 10.3 Å². The Kier molecular flexibility index (Phi) is 8.04. The molecular formula is C32H38F3N3O5. The Morgan fingerprint density at radius 3 is 2.72 bits per heavy atom. The minimum absolute atomic E-state index is 0.134. The standard InChI is InChI=1S/C32H38F3N3O5/c1-19-12-21-14-23(13-19)31(17-21,30(40)41)37-29(39)26-3-2-24(16-27(26)32(33,34)35)38-8-4-22-15-25(18-36-28(22)38)43-11-7-20-5-9-42-10-6-20/h2-3,15-16,18-21,23H,4-14,17H2,1H3,(H,37,39)(H,40,41). The van der Waals surface area contributed by atoms with Crippen LogP contribution >= 0.6 is 0 Å². The van der Waals surface area contributed by atoms with Crippen LogP contribution in [0, 0.1) is 23.7 Å². The molecule has 4 aliphatic rings. The molecule has 4 atom stereocenters. The summed E-state index contributed by atoms with van der Waals surface area (Å²) in [7, 11) is 0. The number of ether oxygens (including phenoxy) is 2. The first-order chi connectivity index (χ1) is 20.5. The minimum Gasteiger partial charge on any atom is -0.492 e. The minimum atomic E-state index is -4.82. The Morgan fingerprint density at radius 1 is 1.19 bits per heavy atom. The average Bonchev–Trinajstić information content (AvgIpc) is 3.50. The molecule has 8 nitrogen and oxygen atoms in total. The SMILES string of the molecule is CC1CC2CC(C1)C(NC(=O)c1ccc(N3CCc4cc(OCCC5CCOCC5)cnc43)cc1C(F)(F)F)(C(=O)O)C2. The zero-order chi connectivity index (χ0) is 30.4. The van der Waals surface area contributed by atoms with Crippen LogP contribution in [0.2, 0.25) is 0 Å². The van der Waals surface area contributed by atoms with Crippen molar-refractivity contribution in [2.45, 2.75) is 70.0 Å². The van der Waals surface area contributed by atoms with Gasteiger partial charge in [-0.3, -0.25) is 4.79 Å². The van der Waals surface area contributed by atoms with Crippen LogP contribution in [0.1, 0.15) is 73.4 Å². The zero-order valence-electron chi connectivity index (χ0n) is 24.3. The first-order valence-corrected chi connectivity index (χ1v) is 15.3. The summed E-state index contributed by atoms with van der Waals surface area (Å²) < 4.78 is 54.4. The average molecular weight is 602 g/mol. The number of carbonyl (C=O) groups is 2. The maximum absolute atomic E-state index is 14.4. The second-order valence-corrected chi connectivity index (χ2v) is 12.8. The fraction of sp³-hybridized carbons (Fsp3) is 0.594. The molecule has 1 amide bonds. The Labute approximate surface area is 248 Å². The van der Waals surface area contributed by atoms with Crippen LogP contribution in [0.15, 0.2) is 30.5 Å². The molecule has 2 aliphatic heterocycles. The molecule has 2 saturated carbocycles. The molecule has 1 saturated heterocycles. The summed E-state index contributed by atoms with van der Waals surface area (Å²) in [4.78, 5) is 32.1. The number of hydrogen-bond acceptors (Lipinski definition) is 6. The van der Waals surface area contributed by atoms with E-state index in [4.69, 9.17) is 9.47 Å². The molecule has 3 heterocycles. The van der Waals surface area contributed by atoms with Gasteiger partial charge in [0, 0.05) is 31.0 Å². The number of aromatic nitrogens is 1. The number of alkyl halides is 3. The van der Waals surface area contributed by atoms with E-state index in [0.29, 0.717) is 55.8 Å². The fourth-order valence-electron chi connectivity index (χ4n) is 7.76. The molecule has 3 fully saturated rings. The second-order valence-electron chi connectivity index (χ2n) is 12.8. The Balaban J connectivity index is 1.20. The first kappa shape index (κ1) is 29.7. The van der Waals surface area contributed by atoms with E-state index in [1.807, 2.05) is 13.0 Å². The van der Waals surface area contributed by atoms with Crippen LogP contribution in [0.25, 0.3) is 0 Å². The lowest BCUT2D eigenvalue weighted by Crippen LogP contribution is -2.57. The highest BCUT2D eigenvalue weighted by atomic mass is 19.4. The summed E-state index contributed by atoms with van der Waals surface area (Å²) in [6.07, 6.45) is 2.73. The number of carboxylic acids is 1. The van der Waals surface area contributed by atoms with Gasteiger partial charge in [0.25, 0.3) is 5.91 Å². The molecular weight excluding hydrogens is 563 g/mol. The van der Waals surface area contributed by atoms with Crippen molar-refractivity contribution in [3.05, 3.63) is 47.2 Å². The molecule has 11 heteroatoms. The lowest BCUT2D eigenvalue weighted by atomic mass is 9.78. The fourth-order valence-corrected chi connectivity index (χ4v) is 7.76. The number of carboxylic acid groups (broad SMARTS) is 1. The van der Waals surface area contributed by atoms with Gasteiger partial charge in [-0.2, -0.15) is 13.2 Å². The lowest BCUT2D eigenvalue weighted by Gasteiger charge is -2.34. The number of aliphatic carboxylic acids is 1. The van der Waals surface area contributed by atoms with Crippen molar-refractivity contribution < 1.29 is 37.3 Å². The molecule has 43 heavy (non-hydrogen) atoms. The number of benzene rings is 1. The molecule has 0 radical (unpaired) electrons. The highest BCUT2D eigenvalue weighted by Crippen LogP contribution is 2.51. The van der Waals surface area contributed by atoms with Gasteiger partial charge in [-0.05, 0) is 99.3 Å². The number of nitrogens with zero attached hydrogens (tertiary/aromatic N) is 2. The van der Waals surface area contributed by atoms with E-state index < -0.39 is 34.7 Å². The van der Waals surface area contributed by atoms with Gasteiger partial charge in [0.05, 0.1) is 23.9 Å². The third-order valence-corrected chi connectivity index (χ3v) is 9.84. The molecule has 2 bridgehead atoms. The van der Waals surface area contributed by atoms with Crippen molar-refractivity contribution in [1.29, 1.82) is 0 Å². The summed E-state index contributed by atoms with van der Waals surface area (Å²) in [5.74, 6) is -0.287. The molecule has 6 rings (SSSR count). The van der Waals surface area contributed by atoms with Crippen LogP contribution in [0.5, 0.6) is 5.75 Å². The number of hydrogen-bond donors (Lipinski definition) is 2. The predicted molar refractivity (Wildman–Crippen MR) is 152 cm³/mol. The number of pyridine rings is 1. The number of rotatable bonds is 8. The third kappa shape index (κ3) is 5.92. The number of carbonyl (C=O) groups excluding carboxylic acids is 1. The van der Waals surface area contributed by atoms with Gasteiger partial charge in [-0.25, -0.2) is 9.78 Å². The molecule has 2 N–H and O–H groups in total. The molecule has 4 unspecified atom stereocenters. The quantitative estimate of drug-likeness (QED) is 0.383. The van der Waals surface area contributed by atoms with Gasteiger partial charge in [0.1, 0.15) is 17.1 Å². The smallest absolute Gasteiger partial charge is 0.417 e. The van der Waals surface area contributed by atoms with Crippen molar-refractivity contribution in [2.24, 2.45) is 23.7 Å². The largest absolute Gasteiger partial charge is 0.492 e. The highest BCUT2D eigenvalue weighted by molar-refractivity contribution is 6.00. The summed E-state index contributed by atoms with van der Waals surface area (Å²) in [5, 5.41) is 12.7. The molecule has 1 aromatic carbocycles. The van der Waals surface area contributed by atoms with Crippen molar-refractivity contribution in [3.63, 3.8) is 0 Å². The van der Waals surface area contributed by atoms with E-state index in [1.54, 1.807) is 11.1 Å². The van der Waals surface area contributed by atoms with E-state index in [9.17, 15) is 27.9 Å². The zero-order valence-corrected chi connectivity index (χ0v) is 24.3. The van der Waals surface area contributed by atoms with Crippen LogP contribution < -0.4 is 15.0 Å². The number of nitrogens with one attached hydrogen (secondary N) is 1. The summed E-state index contributed by atoms with van der Waals surface area (Å²) in [6.45, 7) is 4.61. The van der Waals surface area contributed by atoms with E-state index in [1.165, 1.54) is 6.07 Å². The van der Waals surface area contributed by atoms with Gasteiger partial charge < -0.3 is 24.8 Å². The van der Waals surface area contributed by atoms with Gasteiger partial charge >= 0.3 is 12.1 Å². The molecule has 1 aromatic heterocycles. The maximum Gasteiger partial charge on any atom is 0.417 e. The third-order valence-electron chi connectivity index (χ3n) is 9.84. The number of anilines is 2. The second kappa shape index (κ2) is 11.6. The molecule has 232 valence electrons. The van der Waals surface area contributed by atoms with Crippen LogP contribution in [0.4, 0.5) is 24.7 Å². The van der Waals surface area contributed by atoms with E-state index >= 15 is 0 Å². The van der Waals surface area contributed by atoms with E-state index in [-0.39, 0.29) is 23.9 Å². The number of halogens is 3. The summed E-state index contributed by atoms with van der Waals surface area (Å²) >= 11 is 0. The Bertz CT molecular complexity index is 1380. The first-order valence-electron chi connectivity index (χ1n) is 15.3. The summed E-state index contributed by atoms with van der Waals surface area (Å²) in [6, 6.07) is 5.48. The molecule has 2 aliphatic carbocycles. The van der Waals surface area contributed by atoms with Crippen molar-refractivity contribution >= 4 is 23.4 Å². The number of amides is 1. The van der Waals surface area contributed by atoms with Gasteiger partial charge in [-0.15, -0.1) is 0 Å². The van der Waals surface area contributed by atoms with E-state index in [0.717, 1.165) is 56.6 Å². The van der Waals surface area contributed by atoms with Crippen molar-refractivity contribution in [3.8, 4) is 5.75 Å². The lowest BCUT2D eigenvalue weighted by molar-refractivity contribution is -0.146. The number of fused-ring (bicyclic) bond motifs is 3.